The molecule has 3 aromatic carbocycles. The second kappa shape index (κ2) is 7.28. The summed E-state index contributed by atoms with van der Waals surface area (Å²) in [5, 5.41) is 13.1. The van der Waals surface area contributed by atoms with E-state index in [9.17, 15) is 5.11 Å². The van der Waals surface area contributed by atoms with Crippen LogP contribution >= 0.6 is 0 Å². The van der Waals surface area contributed by atoms with Crippen LogP contribution in [-0.4, -0.2) is 11.2 Å². The van der Waals surface area contributed by atoms with E-state index in [1.165, 1.54) is 22.8 Å². The smallest absolute Gasteiger partial charge is 0.124 e. The molecule has 0 aromatic heterocycles. The maximum atomic E-state index is 10.6. The van der Waals surface area contributed by atoms with Gasteiger partial charge < -0.3 is 9.84 Å². The number of ether oxygens (including phenoxy) is 1. The maximum absolute atomic E-state index is 10.6. The minimum atomic E-state index is -0.279. The minimum absolute atomic E-state index is 0.158. The molecule has 2 atom stereocenters. The molecule has 2 nitrogen and oxygen atoms in total. The van der Waals surface area contributed by atoms with Gasteiger partial charge in [0.2, 0.25) is 0 Å². The van der Waals surface area contributed by atoms with Gasteiger partial charge in [0, 0.05) is 11.5 Å². The first kappa shape index (κ1) is 16.2. The molecule has 1 saturated carbocycles. The fourth-order valence-corrected chi connectivity index (χ4v) is 3.97. The van der Waals surface area contributed by atoms with Crippen molar-refractivity contribution in [3.8, 4) is 5.75 Å². The first-order valence-electron chi connectivity index (χ1n) is 9.19. The average Bonchev–Trinajstić information content (AvgIpc) is 2.67. The standard InChI is InChI=1S/C23H24O2/c24-21-13-7-6-12-20(21)23-19-11-5-4-10-18(19)14-15-22(23)25-16-17-8-2-1-3-9-17/h1-5,8-11,14-15,20-21,24H,6-7,12-13,16H2/t20-,21+/m1/s1. The lowest BCUT2D eigenvalue weighted by Crippen LogP contribution is -2.23. The molecule has 0 heterocycles. The van der Waals surface area contributed by atoms with E-state index >= 15 is 0 Å². The van der Waals surface area contributed by atoms with Crippen molar-refractivity contribution in [2.24, 2.45) is 0 Å². The lowest BCUT2D eigenvalue weighted by atomic mass is 9.79. The SMILES string of the molecule is O[C@H]1CCCC[C@H]1c1c(OCc2ccccc2)ccc2ccccc12. The monoisotopic (exact) mass is 332 g/mol. The molecule has 4 rings (SSSR count). The van der Waals surface area contributed by atoms with Gasteiger partial charge >= 0.3 is 0 Å². The van der Waals surface area contributed by atoms with Crippen LogP contribution in [-0.2, 0) is 6.61 Å². The summed E-state index contributed by atoms with van der Waals surface area (Å²) in [5.74, 6) is 1.07. The number of fused-ring (bicyclic) bond motifs is 1. The largest absolute Gasteiger partial charge is 0.489 e. The molecule has 1 aliphatic carbocycles. The molecule has 0 radical (unpaired) electrons. The fraction of sp³-hybridized carbons (Fsp3) is 0.304. The van der Waals surface area contributed by atoms with Crippen LogP contribution in [0.15, 0.2) is 66.7 Å². The van der Waals surface area contributed by atoms with E-state index in [0.717, 1.165) is 30.6 Å². The summed E-state index contributed by atoms with van der Waals surface area (Å²) in [7, 11) is 0. The van der Waals surface area contributed by atoms with Gasteiger partial charge in [0.15, 0.2) is 0 Å². The Balaban J connectivity index is 1.73. The molecule has 1 fully saturated rings. The number of aliphatic hydroxyl groups is 1. The van der Waals surface area contributed by atoms with Crippen LogP contribution in [0, 0.1) is 0 Å². The van der Waals surface area contributed by atoms with Crippen LogP contribution in [0.1, 0.15) is 42.7 Å². The number of rotatable bonds is 4. The zero-order valence-electron chi connectivity index (χ0n) is 14.4. The van der Waals surface area contributed by atoms with Crippen LogP contribution in [0.2, 0.25) is 0 Å². The van der Waals surface area contributed by atoms with E-state index in [0.29, 0.717) is 6.61 Å². The van der Waals surface area contributed by atoms with Gasteiger partial charge in [-0.25, -0.2) is 0 Å². The molecule has 25 heavy (non-hydrogen) atoms. The lowest BCUT2D eigenvalue weighted by Gasteiger charge is -2.30. The van der Waals surface area contributed by atoms with Crippen molar-refractivity contribution < 1.29 is 9.84 Å². The number of hydrogen-bond donors (Lipinski definition) is 1. The molecule has 1 aliphatic rings. The summed E-state index contributed by atoms with van der Waals surface area (Å²) in [6, 6.07) is 22.9. The summed E-state index contributed by atoms with van der Waals surface area (Å²) in [4.78, 5) is 0. The normalized spacial score (nSPS) is 20.5. The molecule has 3 aromatic rings. The van der Waals surface area contributed by atoms with Crippen LogP contribution in [0.5, 0.6) is 5.75 Å². The Morgan fingerprint density at radius 1 is 0.840 bits per heavy atom. The minimum Gasteiger partial charge on any atom is -0.489 e. The van der Waals surface area contributed by atoms with Crippen LogP contribution in [0.4, 0.5) is 0 Å². The van der Waals surface area contributed by atoms with E-state index in [2.05, 4.69) is 48.5 Å². The third-order valence-corrected chi connectivity index (χ3v) is 5.27. The Labute approximate surface area is 149 Å². The van der Waals surface area contributed by atoms with Crippen molar-refractivity contribution in [3.63, 3.8) is 0 Å². The zero-order chi connectivity index (χ0) is 17.1. The first-order valence-corrected chi connectivity index (χ1v) is 9.19. The van der Waals surface area contributed by atoms with Crippen molar-refractivity contribution in [3.05, 3.63) is 77.9 Å². The Morgan fingerprint density at radius 2 is 1.60 bits per heavy atom. The second-order valence-corrected chi connectivity index (χ2v) is 6.93. The van der Waals surface area contributed by atoms with Crippen molar-refractivity contribution in [2.75, 3.05) is 0 Å². The van der Waals surface area contributed by atoms with Gasteiger partial charge in [-0.2, -0.15) is 0 Å². The highest BCUT2D eigenvalue weighted by molar-refractivity contribution is 5.88. The average molecular weight is 332 g/mol. The van der Waals surface area contributed by atoms with E-state index in [1.807, 2.05) is 18.2 Å². The van der Waals surface area contributed by atoms with Gasteiger partial charge in [0.25, 0.3) is 0 Å². The van der Waals surface area contributed by atoms with Crippen molar-refractivity contribution in [1.29, 1.82) is 0 Å². The Hall–Kier alpha value is -2.32. The topological polar surface area (TPSA) is 29.5 Å². The Morgan fingerprint density at radius 3 is 2.44 bits per heavy atom. The molecule has 0 spiro atoms. The molecule has 0 amide bonds. The summed E-state index contributed by atoms with van der Waals surface area (Å²) >= 11 is 0. The molecule has 0 aliphatic heterocycles. The third-order valence-electron chi connectivity index (χ3n) is 5.27. The van der Waals surface area contributed by atoms with Gasteiger partial charge in [0.05, 0.1) is 6.10 Å². The highest BCUT2D eigenvalue weighted by Gasteiger charge is 2.28. The number of aliphatic hydroxyl groups excluding tert-OH is 1. The summed E-state index contributed by atoms with van der Waals surface area (Å²) < 4.78 is 6.22. The molecule has 128 valence electrons. The third kappa shape index (κ3) is 3.40. The molecular formula is C23H24O2. The van der Waals surface area contributed by atoms with E-state index < -0.39 is 0 Å². The number of hydrogen-bond acceptors (Lipinski definition) is 2. The zero-order valence-corrected chi connectivity index (χ0v) is 14.4. The van der Waals surface area contributed by atoms with Gasteiger partial charge in [0.1, 0.15) is 12.4 Å². The molecule has 2 heteroatoms. The van der Waals surface area contributed by atoms with Crippen molar-refractivity contribution >= 4 is 10.8 Å². The molecule has 1 N–H and O–H groups in total. The van der Waals surface area contributed by atoms with E-state index in [-0.39, 0.29) is 12.0 Å². The van der Waals surface area contributed by atoms with Gasteiger partial charge in [-0.05, 0) is 35.2 Å². The second-order valence-electron chi connectivity index (χ2n) is 6.93. The summed E-state index contributed by atoms with van der Waals surface area (Å²) in [6.07, 6.45) is 3.91. The van der Waals surface area contributed by atoms with Crippen molar-refractivity contribution in [2.45, 2.75) is 44.3 Å². The molecule has 0 bridgehead atoms. The van der Waals surface area contributed by atoms with E-state index in [4.69, 9.17) is 4.74 Å². The number of benzene rings is 3. The van der Waals surface area contributed by atoms with Gasteiger partial charge in [-0.1, -0.05) is 73.5 Å². The molecule has 0 saturated heterocycles. The van der Waals surface area contributed by atoms with Crippen molar-refractivity contribution in [1.82, 2.24) is 0 Å². The lowest BCUT2D eigenvalue weighted by molar-refractivity contribution is 0.105. The Kier molecular flexibility index (Phi) is 4.71. The van der Waals surface area contributed by atoms with Crippen LogP contribution in [0.25, 0.3) is 10.8 Å². The van der Waals surface area contributed by atoms with Gasteiger partial charge in [-0.15, -0.1) is 0 Å². The highest BCUT2D eigenvalue weighted by atomic mass is 16.5. The Bertz CT molecular complexity index is 841. The van der Waals surface area contributed by atoms with Crippen LogP contribution in [0.3, 0.4) is 0 Å². The first-order chi connectivity index (χ1) is 12.3. The fourth-order valence-electron chi connectivity index (χ4n) is 3.97. The quantitative estimate of drug-likeness (QED) is 0.689. The predicted molar refractivity (Wildman–Crippen MR) is 102 cm³/mol. The predicted octanol–water partition coefficient (Wildman–Crippen LogP) is 5.44. The molecule has 0 unspecified atom stereocenters. The summed E-state index contributed by atoms with van der Waals surface area (Å²) in [6.45, 7) is 0.551. The molecular weight excluding hydrogens is 308 g/mol. The maximum Gasteiger partial charge on any atom is 0.124 e. The highest BCUT2D eigenvalue weighted by Crippen LogP contribution is 2.42. The summed E-state index contributed by atoms with van der Waals surface area (Å²) in [5.41, 5.74) is 2.34. The van der Waals surface area contributed by atoms with Crippen LogP contribution < -0.4 is 4.74 Å². The van der Waals surface area contributed by atoms with Gasteiger partial charge in [-0.3, -0.25) is 0 Å². The van der Waals surface area contributed by atoms with E-state index in [1.54, 1.807) is 0 Å².